The number of fused-ring (bicyclic) bond motifs is 1. The van der Waals surface area contributed by atoms with Crippen LogP contribution in [0.5, 0.6) is 0 Å². The van der Waals surface area contributed by atoms with E-state index in [0.29, 0.717) is 6.04 Å². The largest absolute Gasteiger partial charge is 0.305 e. The second-order valence-electron chi connectivity index (χ2n) is 5.20. The zero-order chi connectivity index (χ0) is 14.8. The molecule has 0 saturated carbocycles. The molecule has 2 aromatic heterocycles. The third kappa shape index (κ3) is 3.14. The van der Waals surface area contributed by atoms with E-state index in [4.69, 9.17) is 0 Å². The molecular weight excluding hydrogens is 328 g/mol. The van der Waals surface area contributed by atoms with Gasteiger partial charge in [0.05, 0.1) is 18.1 Å². The van der Waals surface area contributed by atoms with Crippen molar-refractivity contribution >= 4 is 21.6 Å². The molecule has 4 nitrogen and oxygen atoms in total. The van der Waals surface area contributed by atoms with Crippen molar-refractivity contribution in [2.24, 2.45) is 0 Å². The molecule has 21 heavy (non-hydrogen) atoms. The molecule has 0 fully saturated rings. The quantitative estimate of drug-likeness (QED) is 0.785. The minimum absolute atomic E-state index is 0.292. The van der Waals surface area contributed by atoms with Crippen molar-refractivity contribution < 1.29 is 0 Å². The van der Waals surface area contributed by atoms with Gasteiger partial charge in [0.2, 0.25) is 0 Å². The summed E-state index contributed by atoms with van der Waals surface area (Å²) < 4.78 is 2.86. The summed E-state index contributed by atoms with van der Waals surface area (Å²) in [7, 11) is 0. The van der Waals surface area contributed by atoms with Gasteiger partial charge in [-0.25, -0.2) is 9.97 Å². The molecule has 3 rings (SSSR count). The highest BCUT2D eigenvalue weighted by Gasteiger charge is 2.08. The molecule has 0 aliphatic carbocycles. The molecule has 0 unspecified atom stereocenters. The van der Waals surface area contributed by atoms with Crippen LogP contribution in [0, 0.1) is 6.92 Å². The van der Waals surface area contributed by atoms with Crippen LogP contribution in [-0.2, 0) is 6.54 Å². The van der Waals surface area contributed by atoms with E-state index in [1.54, 1.807) is 6.20 Å². The third-order valence-corrected chi connectivity index (χ3v) is 3.98. The van der Waals surface area contributed by atoms with Crippen LogP contribution in [-0.4, -0.2) is 14.4 Å². The van der Waals surface area contributed by atoms with Crippen molar-refractivity contribution in [1.82, 2.24) is 19.7 Å². The van der Waals surface area contributed by atoms with Gasteiger partial charge in [-0.15, -0.1) is 0 Å². The molecule has 2 heterocycles. The molecule has 0 amide bonds. The first kappa shape index (κ1) is 14.2. The minimum atomic E-state index is 0.292. The van der Waals surface area contributed by atoms with Gasteiger partial charge in [0, 0.05) is 18.8 Å². The number of nitrogens with zero attached hydrogens (tertiary/aromatic N) is 3. The fraction of sp³-hybridized carbons (Fsp3) is 0.250. The summed E-state index contributed by atoms with van der Waals surface area (Å²) in [4.78, 5) is 8.55. The Hall–Kier alpha value is -1.72. The standard InChI is InChI=1S/C16H17BrN4/c1-11-4-3-5-13(6-11)12(2)18-7-14-8-20-16-9-19-15(17)10-21(14)16/h3-6,8-10,12,18H,7H2,1-2H3/t12-/m0/s1. The Morgan fingerprint density at radius 1 is 1.29 bits per heavy atom. The van der Waals surface area contributed by atoms with Crippen molar-refractivity contribution in [1.29, 1.82) is 0 Å². The predicted molar refractivity (Wildman–Crippen MR) is 87.1 cm³/mol. The number of hydrogen-bond donors (Lipinski definition) is 1. The van der Waals surface area contributed by atoms with E-state index < -0.39 is 0 Å². The molecular formula is C16H17BrN4. The summed E-state index contributed by atoms with van der Waals surface area (Å²) in [5, 5.41) is 3.54. The van der Waals surface area contributed by atoms with Gasteiger partial charge in [-0.1, -0.05) is 29.8 Å². The van der Waals surface area contributed by atoms with Crippen LogP contribution in [0.25, 0.3) is 5.65 Å². The maximum absolute atomic E-state index is 4.36. The Morgan fingerprint density at radius 2 is 2.14 bits per heavy atom. The van der Waals surface area contributed by atoms with Gasteiger partial charge in [-0.2, -0.15) is 0 Å². The maximum Gasteiger partial charge on any atom is 0.155 e. The smallest absolute Gasteiger partial charge is 0.155 e. The lowest BCUT2D eigenvalue weighted by atomic mass is 10.1. The summed E-state index contributed by atoms with van der Waals surface area (Å²) in [6, 6.07) is 8.87. The van der Waals surface area contributed by atoms with Crippen LogP contribution < -0.4 is 5.32 Å². The summed E-state index contributed by atoms with van der Waals surface area (Å²) in [6.07, 6.45) is 5.59. The Kier molecular flexibility index (Phi) is 4.03. The molecule has 108 valence electrons. The molecule has 0 radical (unpaired) electrons. The SMILES string of the molecule is Cc1cccc([C@H](C)NCc2cnc3cnc(Br)cn23)c1. The lowest BCUT2D eigenvalue weighted by Crippen LogP contribution is -2.19. The van der Waals surface area contributed by atoms with Gasteiger partial charge < -0.3 is 5.32 Å². The zero-order valence-corrected chi connectivity index (χ0v) is 13.6. The van der Waals surface area contributed by atoms with Crippen molar-refractivity contribution in [3.05, 3.63) is 64.3 Å². The van der Waals surface area contributed by atoms with Crippen LogP contribution in [0.2, 0.25) is 0 Å². The van der Waals surface area contributed by atoms with Crippen LogP contribution in [0.1, 0.15) is 29.8 Å². The second-order valence-corrected chi connectivity index (χ2v) is 6.02. The first-order valence-corrected chi connectivity index (χ1v) is 7.70. The highest BCUT2D eigenvalue weighted by Crippen LogP contribution is 2.15. The average Bonchev–Trinajstić information content (AvgIpc) is 2.87. The summed E-state index contributed by atoms with van der Waals surface area (Å²) in [5.41, 5.74) is 4.56. The first-order valence-electron chi connectivity index (χ1n) is 6.91. The Labute approximate surface area is 132 Å². The number of aryl methyl sites for hydroxylation is 1. The van der Waals surface area contributed by atoms with E-state index in [2.05, 4.69) is 69.3 Å². The van der Waals surface area contributed by atoms with E-state index in [-0.39, 0.29) is 0 Å². The molecule has 0 bridgehead atoms. The molecule has 0 aliphatic rings. The zero-order valence-electron chi connectivity index (χ0n) is 12.0. The topological polar surface area (TPSA) is 42.2 Å². The van der Waals surface area contributed by atoms with Crippen LogP contribution in [0.3, 0.4) is 0 Å². The van der Waals surface area contributed by atoms with E-state index in [1.807, 2.05) is 16.8 Å². The number of imidazole rings is 1. The Morgan fingerprint density at radius 3 is 2.95 bits per heavy atom. The predicted octanol–water partition coefficient (Wildman–Crippen LogP) is 3.65. The molecule has 1 atom stereocenters. The van der Waals surface area contributed by atoms with Gasteiger partial charge in [0.15, 0.2) is 5.65 Å². The minimum Gasteiger partial charge on any atom is -0.305 e. The monoisotopic (exact) mass is 344 g/mol. The molecule has 1 aromatic carbocycles. The fourth-order valence-electron chi connectivity index (χ4n) is 2.36. The van der Waals surface area contributed by atoms with E-state index >= 15 is 0 Å². The Bertz CT molecular complexity index is 766. The van der Waals surface area contributed by atoms with Gasteiger partial charge in [0.25, 0.3) is 0 Å². The molecule has 1 N–H and O–H groups in total. The van der Waals surface area contributed by atoms with E-state index in [0.717, 1.165) is 22.5 Å². The van der Waals surface area contributed by atoms with Gasteiger partial charge in [0.1, 0.15) is 4.60 Å². The van der Waals surface area contributed by atoms with Crippen LogP contribution in [0.15, 0.2) is 47.5 Å². The number of hydrogen-bond acceptors (Lipinski definition) is 3. The average molecular weight is 345 g/mol. The van der Waals surface area contributed by atoms with Gasteiger partial charge in [-0.3, -0.25) is 4.40 Å². The molecule has 0 saturated heterocycles. The van der Waals surface area contributed by atoms with Crippen molar-refractivity contribution in [2.75, 3.05) is 0 Å². The van der Waals surface area contributed by atoms with Crippen LogP contribution >= 0.6 is 15.9 Å². The first-order chi connectivity index (χ1) is 10.1. The number of nitrogens with one attached hydrogen (secondary N) is 1. The van der Waals surface area contributed by atoms with E-state index in [9.17, 15) is 0 Å². The molecule has 5 heteroatoms. The number of benzene rings is 1. The van der Waals surface area contributed by atoms with Crippen molar-refractivity contribution in [2.45, 2.75) is 26.4 Å². The van der Waals surface area contributed by atoms with Crippen molar-refractivity contribution in [3.63, 3.8) is 0 Å². The van der Waals surface area contributed by atoms with Gasteiger partial charge >= 0.3 is 0 Å². The number of aromatic nitrogens is 3. The lowest BCUT2D eigenvalue weighted by Gasteiger charge is -2.14. The normalized spacial score (nSPS) is 12.7. The molecule has 0 aliphatic heterocycles. The van der Waals surface area contributed by atoms with E-state index in [1.165, 1.54) is 11.1 Å². The summed E-state index contributed by atoms with van der Waals surface area (Å²) in [5.74, 6) is 0. The highest BCUT2D eigenvalue weighted by atomic mass is 79.9. The van der Waals surface area contributed by atoms with Crippen LogP contribution in [0.4, 0.5) is 0 Å². The summed E-state index contributed by atoms with van der Waals surface area (Å²) in [6.45, 7) is 5.05. The lowest BCUT2D eigenvalue weighted by molar-refractivity contribution is 0.565. The number of halogens is 1. The van der Waals surface area contributed by atoms with Gasteiger partial charge in [-0.05, 0) is 35.3 Å². The highest BCUT2D eigenvalue weighted by molar-refractivity contribution is 9.10. The second kappa shape index (κ2) is 5.95. The summed E-state index contributed by atoms with van der Waals surface area (Å²) >= 11 is 3.40. The number of rotatable bonds is 4. The molecule has 0 spiro atoms. The fourth-order valence-corrected chi connectivity index (χ4v) is 2.67. The maximum atomic E-state index is 4.36. The third-order valence-electron chi connectivity index (χ3n) is 3.57. The Balaban J connectivity index is 1.75. The molecule has 3 aromatic rings. The van der Waals surface area contributed by atoms with Crippen molar-refractivity contribution in [3.8, 4) is 0 Å².